The largest absolute Gasteiger partial charge is 0.398 e. The summed E-state index contributed by atoms with van der Waals surface area (Å²) in [5.74, 6) is 0. The van der Waals surface area contributed by atoms with Gasteiger partial charge in [-0.3, -0.25) is 0 Å². The number of rotatable bonds is 2. The van der Waals surface area contributed by atoms with E-state index in [0.717, 1.165) is 12.8 Å². The second kappa shape index (κ2) is 5.31. The molecule has 0 bridgehead atoms. The summed E-state index contributed by atoms with van der Waals surface area (Å²) < 4.78 is 27.8. The standard InChI is InChI=1S/C14H21BrN2O2S/c1-10-12(16)8-11(15)9-13(10)20(18,19)17-6-4-14(2,3)5-7-17/h8-9H,4-7,16H2,1-3H3. The number of hydrogen-bond acceptors (Lipinski definition) is 3. The van der Waals surface area contributed by atoms with E-state index in [2.05, 4.69) is 29.8 Å². The van der Waals surface area contributed by atoms with Crippen LogP contribution in [0.25, 0.3) is 0 Å². The molecule has 2 N–H and O–H groups in total. The number of benzene rings is 1. The highest BCUT2D eigenvalue weighted by molar-refractivity contribution is 9.10. The molecular weight excluding hydrogens is 340 g/mol. The van der Waals surface area contributed by atoms with Gasteiger partial charge in [0.15, 0.2) is 0 Å². The van der Waals surface area contributed by atoms with Crippen LogP contribution in [0.15, 0.2) is 21.5 Å². The van der Waals surface area contributed by atoms with Gasteiger partial charge >= 0.3 is 0 Å². The van der Waals surface area contributed by atoms with E-state index in [4.69, 9.17) is 5.73 Å². The molecule has 6 heteroatoms. The Balaban J connectivity index is 2.37. The first kappa shape index (κ1) is 15.8. The molecule has 1 aliphatic rings. The molecule has 1 fully saturated rings. The molecule has 1 saturated heterocycles. The molecule has 1 aromatic carbocycles. The molecule has 0 saturated carbocycles. The van der Waals surface area contributed by atoms with Crippen LogP contribution in [-0.4, -0.2) is 25.8 Å². The van der Waals surface area contributed by atoms with Gasteiger partial charge in [-0.1, -0.05) is 29.8 Å². The number of anilines is 1. The van der Waals surface area contributed by atoms with Gasteiger partial charge in [-0.2, -0.15) is 4.31 Å². The van der Waals surface area contributed by atoms with Gasteiger partial charge in [0.1, 0.15) is 0 Å². The Morgan fingerprint density at radius 2 is 1.80 bits per heavy atom. The fourth-order valence-corrected chi connectivity index (χ4v) is 4.76. The van der Waals surface area contributed by atoms with E-state index >= 15 is 0 Å². The first-order valence-electron chi connectivity index (χ1n) is 6.69. The summed E-state index contributed by atoms with van der Waals surface area (Å²) in [5, 5.41) is 0. The molecule has 0 aromatic heterocycles. The fraction of sp³-hybridized carbons (Fsp3) is 0.571. The molecule has 2 rings (SSSR count). The van der Waals surface area contributed by atoms with Crippen LogP contribution >= 0.6 is 15.9 Å². The Morgan fingerprint density at radius 3 is 2.35 bits per heavy atom. The van der Waals surface area contributed by atoms with Crippen LogP contribution in [0.2, 0.25) is 0 Å². The van der Waals surface area contributed by atoms with E-state index < -0.39 is 10.0 Å². The number of nitrogens with zero attached hydrogens (tertiary/aromatic N) is 1. The smallest absolute Gasteiger partial charge is 0.243 e. The molecule has 4 nitrogen and oxygen atoms in total. The Kier molecular flexibility index (Phi) is 4.19. The van der Waals surface area contributed by atoms with Gasteiger partial charge in [-0.05, 0) is 42.9 Å². The highest BCUT2D eigenvalue weighted by atomic mass is 79.9. The second-order valence-corrected chi connectivity index (χ2v) is 9.01. The van der Waals surface area contributed by atoms with E-state index in [1.807, 2.05) is 0 Å². The van der Waals surface area contributed by atoms with Crippen molar-refractivity contribution in [3.8, 4) is 0 Å². The monoisotopic (exact) mass is 360 g/mol. The maximum atomic E-state index is 12.8. The third kappa shape index (κ3) is 3.02. The van der Waals surface area contributed by atoms with Crippen LogP contribution in [0.3, 0.4) is 0 Å². The molecular formula is C14H21BrN2O2S. The van der Waals surface area contributed by atoms with E-state index in [1.54, 1.807) is 23.4 Å². The fourth-order valence-electron chi connectivity index (χ4n) is 2.41. The lowest BCUT2D eigenvalue weighted by Crippen LogP contribution is -2.41. The van der Waals surface area contributed by atoms with Crippen molar-refractivity contribution in [2.24, 2.45) is 5.41 Å². The minimum Gasteiger partial charge on any atom is -0.398 e. The average molecular weight is 361 g/mol. The summed E-state index contributed by atoms with van der Waals surface area (Å²) in [6.07, 6.45) is 1.77. The first-order valence-corrected chi connectivity index (χ1v) is 8.93. The van der Waals surface area contributed by atoms with E-state index in [-0.39, 0.29) is 5.41 Å². The Bertz CT molecular complexity index is 616. The summed E-state index contributed by atoms with van der Waals surface area (Å²) >= 11 is 3.32. The van der Waals surface area contributed by atoms with E-state index in [1.165, 1.54) is 0 Å². The molecule has 0 unspecified atom stereocenters. The zero-order valence-corrected chi connectivity index (χ0v) is 14.5. The predicted molar refractivity (Wildman–Crippen MR) is 85.1 cm³/mol. The van der Waals surface area contributed by atoms with Crippen LogP contribution in [-0.2, 0) is 10.0 Å². The van der Waals surface area contributed by atoms with Crippen LogP contribution in [0, 0.1) is 12.3 Å². The summed E-state index contributed by atoms with van der Waals surface area (Å²) in [7, 11) is -3.46. The van der Waals surface area contributed by atoms with Gasteiger partial charge in [0.2, 0.25) is 10.0 Å². The molecule has 1 aromatic rings. The quantitative estimate of drug-likeness (QED) is 0.823. The molecule has 0 aliphatic carbocycles. The highest BCUT2D eigenvalue weighted by Gasteiger charge is 2.33. The molecule has 0 spiro atoms. The lowest BCUT2D eigenvalue weighted by molar-refractivity contribution is 0.196. The Hall–Kier alpha value is -0.590. The van der Waals surface area contributed by atoms with Crippen molar-refractivity contribution in [3.05, 3.63) is 22.2 Å². The van der Waals surface area contributed by atoms with Crippen molar-refractivity contribution in [2.45, 2.75) is 38.5 Å². The van der Waals surface area contributed by atoms with Crippen molar-refractivity contribution < 1.29 is 8.42 Å². The molecule has 112 valence electrons. The van der Waals surface area contributed by atoms with E-state index in [9.17, 15) is 8.42 Å². The molecule has 20 heavy (non-hydrogen) atoms. The molecule has 0 atom stereocenters. The molecule has 0 amide bonds. The summed E-state index contributed by atoms with van der Waals surface area (Å²) in [6.45, 7) is 7.25. The lowest BCUT2D eigenvalue weighted by atomic mass is 9.83. The zero-order chi connectivity index (χ0) is 15.1. The van der Waals surface area contributed by atoms with Crippen molar-refractivity contribution in [2.75, 3.05) is 18.8 Å². The third-order valence-electron chi connectivity index (χ3n) is 4.06. The van der Waals surface area contributed by atoms with Crippen molar-refractivity contribution in [1.29, 1.82) is 0 Å². The van der Waals surface area contributed by atoms with Gasteiger partial charge < -0.3 is 5.73 Å². The second-order valence-electron chi connectivity index (χ2n) is 6.19. The highest BCUT2D eigenvalue weighted by Crippen LogP contribution is 2.34. The average Bonchev–Trinajstić information content (AvgIpc) is 2.33. The number of piperidine rings is 1. The van der Waals surface area contributed by atoms with Gasteiger partial charge in [0.25, 0.3) is 0 Å². The minimum atomic E-state index is -3.46. The minimum absolute atomic E-state index is 0.220. The van der Waals surface area contributed by atoms with Crippen LogP contribution in [0.5, 0.6) is 0 Å². The van der Waals surface area contributed by atoms with Crippen LogP contribution < -0.4 is 5.73 Å². The normalized spacial score (nSPS) is 20.0. The zero-order valence-electron chi connectivity index (χ0n) is 12.1. The lowest BCUT2D eigenvalue weighted by Gasteiger charge is -2.36. The van der Waals surface area contributed by atoms with Crippen LogP contribution in [0.1, 0.15) is 32.3 Å². The number of nitrogen functional groups attached to an aromatic ring is 1. The van der Waals surface area contributed by atoms with Crippen LogP contribution in [0.4, 0.5) is 5.69 Å². The van der Waals surface area contributed by atoms with Crippen molar-refractivity contribution in [1.82, 2.24) is 4.31 Å². The van der Waals surface area contributed by atoms with Gasteiger partial charge in [-0.15, -0.1) is 0 Å². The topological polar surface area (TPSA) is 63.4 Å². The maximum absolute atomic E-state index is 12.8. The SMILES string of the molecule is Cc1c(N)cc(Br)cc1S(=O)(=O)N1CCC(C)(C)CC1. The van der Waals surface area contributed by atoms with Gasteiger partial charge in [-0.25, -0.2) is 8.42 Å². The first-order chi connectivity index (χ1) is 9.13. The van der Waals surface area contributed by atoms with Gasteiger partial charge in [0, 0.05) is 23.2 Å². The number of nitrogens with two attached hydrogens (primary N) is 1. The van der Waals surface area contributed by atoms with Gasteiger partial charge in [0.05, 0.1) is 4.90 Å². The predicted octanol–water partition coefficient (Wildman–Crippen LogP) is 3.15. The summed E-state index contributed by atoms with van der Waals surface area (Å²) in [6, 6.07) is 3.37. The maximum Gasteiger partial charge on any atom is 0.243 e. The van der Waals surface area contributed by atoms with Crippen molar-refractivity contribution >= 4 is 31.6 Å². The number of sulfonamides is 1. The van der Waals surface area contributed by atoms with E-state index in [0.29, 0.717) is 33.7 Å². The number of halogens is 1. The summed E-state index contributed by atoms with van der Waals surface area (Å²) in [4.78, 5) is 0.309. The number of hydrogen-bond donors (Lipinski definition) is 1. The molecule has 1 heterocycles. The molecule has 1 aliphatic heterocycles. The Labute approximate surface area is 129 Å². The van der Waals surface area contributed by atoms with Crippen molar-refractivity contribution in [3.63, 3.8) is 0 Å². The summed E-state index contributed by atoms with van der Waals surface area (Å²) in [5.41, 5.74) is 7.22. The molecule has 0 radical (unpaired) electrons. The third-order valence-corrected chi connectivity index (χ3v) is 6.54. The Morgan fingerprint density at radius 1 is 1.25 bits per heavy atom.